The summed E-state index contributed by atoms with van der Waals surface area (Å²) in [5.41, 5.74) is 2.72. The van der Waals surface area contributed by atoms with Gasteiger partial charge in [0.25, 0.3) is 5.91 Å². The first-order valence-corrected chi connectivity index (χ1v) is 9.43. The van der Waals surface area contributed by atoms with Crippen LogP contribution in [0.2, 0.25) is 0 Å². The van der Waals surface area contributed by atoms with E-state index in [2.05, 4.69) is 19.6 Å². The quantitative estimate of drug-likeness (QED) is 0.766. The molecule has 1 saturated heterocycles. The summed E-state index contributed by atoms with van der Waals surface area (Å²) in [6.45, 7) is 3.24. The second-order valence-electron chi connectivity index (χ2n) is 7.50. The second-order valence-corrected chi connectivity index (χ2v) is 7.50. The van der Waals surface area contributed by atoms with Gasteiger partial charge in [-0.1, -0.05) is 0 Å². The number of imidazole rings is 1. The van der Waals surface area contributed by atoms with Crippen molar-refractivity contribution in [2.75, 3.05) is 13.1 Å². The molecule has 0 radical (unpaired) electrons. The van der Waals surface area contributed by atoms with E-state index in [0.29, 0.717) is 24.9 Å². The molecule has 0 spiro atoms. The predicted octanol–water partition coefficient (Wildman–Crippen LogP) is 2.22. The molecule has 140 valence electrons. The molecule has 1 saturated carbocycles. The molecule has 3 aromatic rings. The summed E-state index contributed by atoms with van der Waals surface area (Å²) in [4.78, 5) is 30.7. The molecule has 4 heterocycles. The number of piperidine rings is 1. The smallest absolute Gasteiger partial charge is 0.392 e. The monoisotopic (exact) mass is 367 g/mol. The zero-order valence-electron chi connectivity index (χ0n) is 15.1. The third-order valence-electron chi connectivity index (χ3n) is 5.72. The van der Waals surface area contributed by atoms with Crippen molar-refractivity contribution >= 4 is 11.4 Å². The number of hydrogen-bond donors (Lipinski definition) is 1. The van der Waals surface area contributed by atoms with Crippen LogP contribution in [0.15, 0.2) is 27.5 Å². The Morgan fingerprint density at radius 3 is 2.63 bits per heavy atom. The van der Waals surface area contributed by atoms with Crippen molar-refractivity contribution in [1.82, 2.24) is 24.5 Å². The van der Waals surface area contributed by atoms with Gasteiger partial charge in [0.1, 0.15) is 5.82 Å². The minimum atomic E-state index is -0.528. The van der Waals surface area contributed by atoms with Crippen LogP contribution in [-0.2, 0) is 0 Å². The highest BCUT2D eigenvalue weighted by Crippen LogP contribution is 2.40. The maximum absolute atomic E-state index is 13.1. The average Bonchev–Trinajstić information content (AvgIpc) is 3.28. The lowest BCUT2D eigenvalue weighted by Gasteiger charge is -2.31. The largest absolute Gasteiger partial charge is 0.434 e. The fourth-order valence-corrected chi connectivity index (χ4v) is 4.04. The summed E-state index contributed by atoms with van der Waals surface area (Å²) >= 11 is 0. The van der Waals surface area contributed by atoms with E-state index in [0.717, 1.165) is 35.4 Å². The number of fused-ring (bicyclic) bond motifs is 1. The van der Waals surface area contributed by atoms with Crippen molar-refractivity contribution in [3.05, 3.63) is 51.9 Å². The molecule has 1 amide bonds. The van der Waals surface area contributed by atoms with Crippen molar-refractivity contribution in [1.29, 1.82) is 0 Å². The Kier molecular flexibility index (Phi) is 3.66. The van der Waals surface area contributed by atoms with Crippen molar-refractivity contribution in [3.8, 4) is 0 Å². The van der Waals surface area contributed by atoms with Gasteiger partial charge in [-0.25, -0.2) is 14.9 Å². The molecule has 0 bridgehead atoms. The first kappa shape index (κ1) is 16.3. The normalized spacial score (nSPS) is 18.3. The maximum Gasteiger partial charge on any atom is 0.434 e. The number of carbonyl (C=O) groups excluding carboxylic acids is 1. The highest BCUT2D eigenvalue weighted by Gasteiger charge is 2.31. The van der Waals surface area contributed by atoms with Crippen LogP contribution in [0.3, 0.4) is 0 Å². The van der Waals surface area contributed by atoms with Crippen LogP contribution in [0.25, 0.3) is 5.52 Å². The van der Waals surface area contributed by atoms with E-state index < -0.39 is 5.76 Å². The fraction of sp³-hybridized carbons (Fsp3) is 0.474. The topological polar surface area (TPSA) is 96.5 Å². The van der Waals surface area contributed by atoms with Crippen molar-refractivity contribution < 1.29 is 9.21 Å². The lowest BCUT2D eigenvalue weighted by Crippen LogP contribution is -2.38. The number of amides is 1. The first-order valence-electron chi connectivity index (χ1n) is 9.43. The Morgan fingerprint density at radius 1 is 1.19 bits per heavy atom. The third kappa shape index (κ3) is 2.75. The molecule has 0 aromatic carbocycles. The van der Waals surface area contributed by atoms with E-state index in [9.17, 15) is 9.59 Å². The molecular formula is C19H21N5O3. The van der Waals surface area contributed by atoms with Crippen molar-refractivity contribution in [3.63, 3.8) is 0 Å². The van der Waals surface area contributed by atoms with Crippen LogP contribution in [-0.4, -0.2) is 43.5 Å². The van der Waals surface area contributed by atoms with E-state index in [-0.39, 0.29) is 11.8 Å². The van der Waals surface area contributed by atoms with Gasteiger partial charge in [-0.2, -0.15) is 0 Å². The summed E-state index contributed by atoms with van der Waals surface area (Å²) in [5, 5.41) is 6.23. The summed E-state index contributed by atoms with van der Waals surface area (Å²) in [6.07, 6.45) is 5.71. The number of carbonyl (C=O) groups is 1. The van der Waals surface area contributed by atoms with Gasteiger partial charge >= 0.3 is 5.76 Å². The Balaban J connectivity index is 1.37. The molecule has 8 heteroatoms. The molecule has 1 aliphatic heterocycles. The lowest BCUT2D eigenvalue weighted by atomic mass is 9.96. The number of aromatic nitrogens is 4. The Labute approximate surface area is 155 Å². The third-order valence-corrected chi connectivity index (χ3v) is 5.72. The van der Waals surface area contributed by atoms with E-state index >= 15 is 0 Å². The van der Waals surface area contributed by atoms with Crippen LogP contribution in [0.4, 0.5) is 0 Å². The van der Waals surface area contributed by atoms with Crippen LogP contribution >= 0.6 is 0 Å². The van der Waals surface area contributed by atoms with Gasteiger partial charge in [-0.05, 0) is 44.7 Å². The zero-order chi connectivity index (χ0) is 18.5. The van der Waals surface area contributed by atoms with Gasteiger partial charge in [0.05, 0.1) is 17.3 Å². The number of rotatable bonds is 3. The average molecular weight is 367 g/mol. The number of hydrogen-bond acceptors (Lipinski definition) is 5. The van der Waals surface area contributed by atoms with E-state index in [1.165, 1.54) is 12.8 Å². The molecule has 0 atom stereocenters. The Morgan fingerprint density at radius 2 is 1.96 bits per heavy atom. The molecule has 2 aliphatic rings. The lowest BCUT2D eigenvalue weighted by molar-refractivity contribution is 0.0704. The number of nitrogens with zero attached hydrogens (tertiary/aromatic N) is 4. The molecule has 1 N–H and O–H groups in total. The molecule has 8 nitrogen and oxygen atoms in total. The molecule has 3 aromatic heterocycles. The highest BCUT2D eigenvalue weighted by molar-refractivity contribution is 5.95. The standard InChI is InChI=1S/C19H21N5O3/c1-11-15(5-4-14-10-20-16(24(11)14)12-2-3-12)18(25)23-8-6-13(7-9-23)17-21-22-19(26)27-17/h4-5,10,12-13H,2-3,6-9H2,1H3,(H,22,26). The minimum absolute atomic E-state index is 0.0479. The van der Waals surface area contributed by atoms with E-state index in [1.54, 1.807) is 0 Å². The van der Waals surface area contributed by atoms with Gasteiger partial charge in [0.15, 0.2) is 0 Å². The minimum Gasteiger partial charge on any atom is -0.392 e. The van der Waals surface area contributed by atoms with Gasteiger partial charge < -0.3 is 9.32 Å². The van der Waals surface area contributed by atoms with Gasteiger partial charge in [0, 0.05) is 30.6 Å². The molecule has 0 unspecified atom stereocenters. The molecule has 5 rings (SSSR count). The Hall–Kier alpha value is -2.90. The van der Waals surface area contributed by atoms with Crippen LogP contribution in [0.5, 0.6) is 0 Å². The van der Waals surface area contributed by atoms with Gasteiger partial charge in [-0.15, -0.1) is 5.10 Å². The summed E-state index contributed by atoms with van der Waals surface area (Å²) in [6, 6.07) is 3.88. The van der Waals surface area contributed by atoms with E-state index in [1.807, 2.05) is 30.2 Å². The number of nitrogens with one attached hydrogen (secondary N) is 1. The molecule has 27 heavy (non-hydrogen) atoms. The number of likely N-dealkylation sites (tertiary alicyclic amines) is 1. The fourth-order valence-electron chi connectivity index (χ4n) is 4.04. The van der Waals surface area contributed by atoms with E-state index in [4.69, 9.17) is 4.42 Å². The van der Waals surface area contributed by atoms with Crippen LogP contribution in [0.1, 0.15) is 65.3 Å². The van der Waals surface area contributed by atoms with Gasteiger partial charge in [-0.3, -0.25) is 9.20 Å². The van der Waals surface area contributed by atoms with Gasteiger partial charge in [0.2, 0.25) is 5.89 Å². The number of aryl methyl sites for hydroxylation is 1. The Bertz CT molecular complexity index is 1070. The maximum atomic E-state index is 13.1. The van der Waals surface area contributed by atoms with Crippen LogP contribution < -0.4 is 5.76 Å². The number of H-pyrrole nitrogens is 1. The summed E-state index contributed by atoms with van der Waals surface area (Å²) in [7, 11) is 0. The number of pyridine rings is 1. The zero-order valence-corrected chi connectivity index (χ0v) is 15.1. The molecule has 1 aliphatic carbocycles. The first-order chi connectivity index (χ1) is 13.1. The van der Waals surface area contributed by atoms with Crippen LogP contribution in [0, 0.1) is 6.92 Å². The van der Waals surface area contributed by atoms with Crippen molar-refractivity contribution in [2.45, 2.75) is 44.4 Å². The van der Waals surface area contributed by atoms with Crippen molar-refractivity contribution in [2.24, 2.45) is 0 Å². The number of aromatic amines is 1. The predicted molar refractivity (Wildman–Crippen MR) is 96.9 cm³/mol. The second kappa shape index (κ2) is 6.07. The highest BCUT2D eigenvalue weighted by atomic mass is 16.4. The summed E-state index contributed by atoms with van der Waals surface area (Å²) in [5.74, 6) is 1.63. The summed E-state index contributed by atoms with van der Waals surface area (Å²) < 4.78 is 7.20. The molecular weight excluding hydrogens is 346 g/mol. The molecule has 2 fully saturated rings. The SMILES string of the molecule is Cc1c(C(=O)N2CCC(c3n[nH]c(=O)o3)CC2)ccc2cnc(C3CC3)n12.